The Morgan fingerprint density at radius 2 is 1.76 bits per heavy atom. The largest absolute Gasteiger partial charge is 0.379 e. The summed E-state index contributed by atoms with van der Waals surface area (Å²) in [6.45, 7) is 1.32. The molecule has 4 rings (SSSR count). The van der Waals surface area contributed by atoms with Gasteiger partial charge in [-0.1, -0.05) is 53.4 Å². The average Bonchev–Trinajstić information content (AvgIpc) is 3.26. The number of thiazole rings is 1. The first-order valence-electron chi connectivity index (χ1n) is 10.3. The molecule has 0 saturated carbocycles. The van der Waals surface area contributed by atoms with Crippen LogP contribution in [0.2, 0.25) is 0 Å². The maximum absolute atomic E-state index is 12.9. The number of carbonyl (C=O) groups is 2. The van der Waals surface area contributed by atoms with E-state index in [1.54, 1.807) is 0 Å². The Hall–Kier alpha value is -2.77. The number of morpholine rings is 1. The van der Waals surface area contributed by atoms with E-state index in [0.29, 0.717) is 46.9 Å². The van der Waals surface area contributed by atoms with Crippen LogP contribution in [0.25, 0.3) is 11.3 Å². The van der Waals surface area contributed by atoms with Crippen molar-refractivity contribution in [1.82, 2.24) is 9.29 Å². The van der Waals surface area contributed by atoms with Crippen LogP contribution in [0.5, 0.6) is 0 Å². The fourth-order valence-electron chi connectivity index (χ4n) is 3.26. The van der Waals surface area contributed by atoms with Crippen molar-refractivity contribution in [3.63, 3.8) is 0 Å². The van der Waals surface area contributed by atoms with Crippen molar-refractivity contribution in [2.45, 2.75) is 9.24 Å². The number of benzene rings is 2. The first kappa shape index (κ1) is 24.4. The van der Waals surface area contributed by atoms with Crippen LogP contribution < -0.4 is 11.1 Å². The van der Waals surface area contributed by atoms with Gasteiger partial charge >= 0.3 is 0 Å². The predicted molar refractivity (Wildman–Crippen MR) is 131 cm³/mol. The number of carbonyl (C=O) groups excluding carboxylic acids is 2. The molecule has 3 N–H and O–H groups in total. The maximum Gasteiger partial charge on any atom is 0.256 e. The van der Waals surface area contributed by atoms with E-state index < -0.39 is 21.8 Å². The number of nitrogens with one attached hydrogen (secondary N) is 1. The minimum atomic E-state index is -3.64. The van der Waals surface area contributed by atoms with Crippen molar-refractivity contribution in [3.05, 3.63) is 60.2 Å². The second kappa shape index (κ2) is 10.7. The SMILES string of the molecule is NC(=O)CSc1nc(-c2ccccc2)c(NC(=O)c2ccc(S(=O)(=O)N3CCOCC3)cc2)s1. The molecule has 0 bridgehead atoms. The van der Waals surface area contributed by atoms with Gasteiger partial charge in [0.15, 0.2) is 4.34 Å². The number of aromatic nitrogens is 1. The highest BCUT2D eigenvalue weighted by Crippen LogP contribution is 2.37. The molecule has 9 nitrogen and oxygen atoms in total. The zero-order chi connectivity index (χ0) is 24.1. The molecule has 0 unspecified atom stereocenters. The van der Waals surface area contributed by atoms with E-state index >= 15 is 0 Å². The number of nitrogens with two attached hydrogens (primary N) is 1. The van der Waals surface area contributed by atoms with Gasteiger partial charge in [-0.2, -0.15) is 4.31 Å². The highest BCUT2D eigenvalue weighted by molar-refractivity contribution is 8.01. The molecule has 1 aromatic heterocycles. The molecule has 1 fully saturated rings. The quantitative estimate of drug-likeness (QED) is 0.438. The van der Waals surface area contributed by atoms with Gasteiger partial charge in [0.05, 0.1) is 23.9 Å². The molecule has 1 aliphatic rings. The molecule has 0 spiro atoms. The molecule has 3 aromatic rings. The summed E-state index contributed by atoms with van der Waals surface area (Å²) in [6, 6.07) is 15.2. The van der Waals surface area contributed by atoms with Gasteiger partial charge in [0.2, 0.25) is 15.9 Å². The normalized spacial score (nSPS) is 14.6. The molecule has 2 amide bonds. The fraction of sp³-hybridized carbons (Fsp3) is 0.227. The summed E-state index contributed by atoms with van der Waals surface area (Å²) >= 11 is 2.44. The Kier molecular flexibility index (Phi) is 7.63. The Morgan fingerprint density at radius 3 is 2.41 bits per heavy atom. The second-order valence-electron chi connectivity index (χ2n) is 7.27. The zero-order valence-corrected chi connectivity index (χ0v) is 20.4. The molecular formula is C22H22N4O5S3. The summed E-state index contributed by atoms with van der Waals surface area (Å²) in [4.78, 5) is 28.8. The summed E-state index contributed by atoms with van der Waals surface area (Å²) in [5.41, 5.74) is 6.94. The Labute approximate surface area is 205 Å². The van der Waals surface area contributed by atoms with Crippen LogP contribution >= 0.6 is 23.1 Å². The molecule has 178 valence electrons. The van der Waals surface area contributed by atoms with Crippen LogP contribution in [0.15, 0.2) is 63.8 Å². The summed E-state index contributed by atoms with van der Waals surface area (Å²) in [5, 5.41) is 3.39. The summed E-state index contributed by atoms with van der Waals surface area (Å²) in [6.07, 6.45) is 0. The van der Waals surface area contributed by atoms with Crippen molar-refractivity contribution in [2.24, 2.45) is 5.73 Å². The van der Waals surface area contributed by atoms with Gasteiger partial charge in [0.1, 0.15) is 10.7 Å². The first-order chi connectivity index (χ1) is 16.3. The van der Waals surface area contributed by atoms with E-state index in [2.05, 4.69) is 10.3 Å². The Balaban J connectivity index is 1.54. The van der Waals surface area contributed by atoms with Crippen LogP contribution in [-0.2, 0) is 19.6 Å². The van der Waals surface area contributed by atoms with Gasteiger partial charge in [0, 0.05) is 24.2 Å². The molecule has 0 radical (unpaired) electrons. The van der Waals surface area contributed by atoms with Crippen LogP contribution in [0.4, 0.5) is 5.00 Å². The molecule has 2 heterocycles. The van der Waals surface area contributed by atoms with E-state index in [9.17, 15) is 18.0 Å². The standard InChI is InChI=1S/C22H22N4O5S3/c23-18(27)14-32-22-24-19(15-4-2-1-3-5-15)21(33-22)25-20(28)16-6-8-17(9-7-16)34(29,30)26-10-12-31-13-11-26/h1-9H,10-14H2,(H2,23,27)(H,25,28). The van der Waals surface area contributed by atoms with Crippen LogP contribution in [-0.4, -0.2) is 61.6 Å². The number of ether oxygens (including phenoxy) is 1. The van der Waals surface area contributed by atoms with E-state index in [-0.39, 0.29) is 10.6 Å². The fourth-order valence-corrected chi connectivity index (χ4v) is 6.47. The average molecular weight is 519 g/mol. The van der Waals surface area contributed by atoms with Crippen molar-refractivity contribution in [2.75, 3.05) is 37.4 Å². The lowest BCUT2D eigenvalue weighted by atomic mass is 10.1. The number of rotatable bonds is 8. The molecule has 2 aromatic carbocycles. The highest BCUT2D eigenvalue weighted by atomic mass is 32.2. The van der Waals surface area contributed by atoms with Crippen molar-refractivity contribution >= 4 is 49.9 Å². The summed E-state index contributed by atoms with van der Waals surface area (Å²) < 4.78 is 32.8. The molecule has 0 atom stereocenters. The smallest absolute Gasteiger partial charge is 0.256 e. The van der Waals surface area contributed by atoms with E-state index in [1.807, 2.05) is 30.3 Å². The Morgan fingerprint density at radius 1 is 1.09 bits per heavy atom. The lowest BCUT2D eigenvalue weighted by molar-refractivity contribution is -0.115. The molecule has 0 aliphatic carbocycles. The number of sulfonamides is 1. The second-order valence-corrected chi connectivity index (χ2v) is 11.4. The monoisotopic (exact) mass is 518 g/mol. The predicted octanol–water partition coefficient (Wildman–Crippen LogP) is 2.66. The van der Waals surface area contributed by atoms with Crippen molar-refractivity contribution < 1.29 is 22.7 Å². The number of anilines is 1. The van der Waals surface area contributed by atoms with Crippen LogP contribution in [0, 0.1) is 0 Å². The number of primary amides is 1. The zero-order valence-electron chi connectivity index (χ0n) is 18.0. The minimum Gasteiger partial charge on any atom is -0.379 e. The third kappa shape index (κ3) is 5.65. The highest BCUT2D eigenvalue weighted by Gasteiger charge is 2.26. The first-order valence-corrected chi connectivity index (χ1v) is 13.6. The summed E-state index contributed by atoms with van der Waals surface area (Å²) in [5.74, 6) is -0.782. The number of nitrogens with zero attached hydrogens (tertiary/aromatic N) is 2. The lowest BCUT2D eigenvalue weighted by Gasteiger charge is -2.26. The van der Waals surface area contributed by atoms with Gasteiger partial charge < -0.3 is 15.8 Å². The lowest BCUT2D eigenvalue weighted by Crippen LogP contribution is -2.40. The van der Waals surface area contributed by atoms with E-state index in [1.165, 1.54) is 51.7 Å². The van der Waals surface area contributed by atoms with Gasteiger partial charge in [-0.25, -0.2) is 13.4 Å². The topological polar surface area (TPSA) is 132 Å². The Bertz CT molecular complexity index is 1270. The third-order valence-corrected chi connectivity index (χ3v) is 8.99. The minimum absolute atomic E-state index is 0.0776. The molecule has 1 saturated heterocycles. The maximum atomic E-state index is 12.9. The van der Waals surface area contributed by atoms with Crippen molar-refractivity contribution in [1.29, 1.82) is 0 Å². The third-order valence-electron chi connectivity index (χ3n) is 4.94. The molecule has 34 heavy (non-hydrogen) atoms. The van der Waals surface area contributed by atoms with Gasteiger partial charge in [-0.3, -0.25) is 9.59 Å². The number of amides is 2. The van der Waals surface area contributed by atoms with Gasteiger partial charge in [-0.05, 0) is 24.3 Å². The number of thioether (sulfide) groups is 1. The van der Waals surface area contributed by atoms with Crippen LogP contribution in [0.3, 0.4) is 0 Å². The molecular weight excluding hydrogens is 496 g/mol. The van der Waals surface area contributed by atoms with E-state index in [4.69, 9.17) is 10.5 Å². The number of hydrogen-bond acceptors (Lipinski definition) is 8. The molecule has 12 heteroatoms. The van der Waals surface area contributed by atoms with Crippen molar-refractivity contribution in [3.8, 4) is 11.3 Å². The van der Waals surface area contributed by atoms with Gasteiger partial charge in [-0.15, -0.1) is 0 Å². The van der Waals surface area contributed by atoms with Crippen LogP contribution in [0.1, 0.15) is 10.4 Å². The summed E-state index contributed by atoms with van der Waals surface area (Å²) in [7, 11) is -3.64. The number of hydrogen-bond donors (Lipinski definition) is 2. The molecule has 1 aliphatic heterocycles. The van der Waals surface area contributed by atoms with E-state index in [0.717, 1.165) is 5.56 Å². The van der Waals surface area contributed by atoms with Gasteiger partial charge in [0.25, 0.3) is 5.91 Å².